The number of anilines is 1. The Hall–Kier alpha value is -3.59. The number of ether oxygens (including phenoxy) is 1. The summed E-state index contributed by atoms with van der Waals surface area (Å²) in [6, 6.07) is 13.6. The molecule has 32 heavy (non-hydrogen) atoms. The summed E-state index contributed by atoms with van der Waals surface area (Å²) in [4.78, 5) is 16.0. The molecule has 168 valence electrons. The lowest BCUT2D eigenvalue weighted by Gasteiger charge is -2.18. The Bertz CT molecular complexity index is 1120. The number of nitrogens with zero attached hydrogens (tertiary/aromatic N) is 1. The van der Waals surface area contributed by atoms with Gasteiger partial charge in [-0.2, -0.15) is 13.2 Å². The topological polar surface area (TPSA) is 89.3 Å². The van der Waals surface area contributed by atoms with Crippen LogP contribution in [0.15, 0.2) is 54.6 Å². The third kappa shape index (κ3) is 5.36. The molecule has 6 nitrogen and oxygen atoms in total. The summed E-state index contributed by atoms with van der Waals surface area (Å²) < 4.78 is 47.0. The van der Waals surface area contributed by atoms with Crippen molar-refractivity contribution in [1.29, 1.82) is 0 Å². The number of urea groups is 1. The van der Waals surface area contributed by atoms with E-state index in [4.69, 9.17) is 10.6 Å². The van der Waals surface area contributed by atoms with Crippen molar-refractivity contribution in [3.8, 4) is 17.0 Å². The van der Waals surface area contributed by atoms with Gasteiger partial charge in [-0.05, 0) is 55.3 Å². The number of halogens is 3. The molecule has 1 aromatic heterocycles. The number of aryl methyl sites for hydroxylation is 2. The number of nitrogens with two attached hydrogens (primary N) is 1. The van der Waals surface area contributed by atoms with Crippen LogP contribution in [0.1, 0.15) is 29.3 Å². The van der Waals surface area contributed by atoms with E-state index in [-0.39, 0.29) is 12.4 Å². The van der Waals surface area contributed by atoms with Crippen LogP contribution < -0.4 is 21.3 Å². The summed E-state index contributed by atoms with van der Waals surface area (Å²) in [5.41, 5.74) is 4.30. The highest BCUT2D eigenvalue weighted by Gasteiger charge is 2.35. The molecule has 2 amide bonds. The monoisotopic (exact) mass is 444 g/mol. The number of aromatic nitrogens is 1. The van der Waals surface area contributed by atoms with Gasteiger partial charge in [-0.15, -0.1) is 0 Å². The fourth-order valence-corrected chi connectivity index (χ4v) is 3.19. The number of hydrogen-bond donors (Lipinski definition) is 3. The van der Waals surface area contributed by atoms with Crippen molar-refractivity contribution in [1.82, 2.24) is 10.4 Å². The third-order valence-corrected chi connectivity index (χ3v) is 4.91. The van der Waals surface area contributed by atoms with Gasteiger partial charge in [0.1, 0.15) is 12.4 Å². The number of hydrogen-bond acceptors (Lipinski definition) is 4. The molecule has 0 radical (unpaired) electrons. The summed E-state index contributed by atoms with van der Waals surface area (Å²) in [5.74, 6) is 4.78. The summed E-state index contributed by atoms with van der Waals surface area (Å²) in [6.07, 6.45) is -3.95. The zero-order chi connectivity index (χ0) is 23.3. The molecule has 0 spiro atoms. The van der Waals surface area contributed by atoms with E-state index in [1.165, 1.54) is 6.07 Å². The number of benzene rings is 2. The molecule has 0 saturated carbocycles. The Morgan fingerprint density at radius 2 is 1.88 bits per heavy atom. The van der Waals surface area contributed by atoms with Crippen LogP contribution in [0.5, 0.6) is 5.75 Å². The van der Waals surface area contributed by atoms with E-state index >= 15 is 0 Å². The Morgan fingerprint density at radius 3 is 2.56 bits per heavy atom. The molecular weight excluding hydrogens is 421 g/mol. The standard InChI is InChI=1S/C23H23F3N4O2/c1-3-16-7-5-8-19(28-16)15-10-11-21(18(12-15)23(24,25)26)32-13-17-14(2)6-4-9-20(17)29-22(31)30-27/h4-12H,3,13,27H2,1-2H3,(H2,29,30,31). The first-order valence-corrected chi connectivity index (χ1v) is 9.89. The Balaban J connectivity index is 1.93. The normalized spacial score (nSPS) is 11.2. The van der Waals surface area contributed by atoms with Gasteiger partial charge in [0.05, 0.1) is 11.3 Å². The first-order chi connectivity index (χ1) is 15.2. The molecule has 3 rings (SSSR count). The number of carbonyl (C=O) groups excluding carboxylic acids is 1. The van der Waals surface area contributed by atoms with E-state index in [9.17, 15) is 18.0 Å². The number of pyridine rings is 1. The number of amides is 2. The maximum absolute atomic E-state index is 13.8. The molecule has 0 aliphatic rings. The van der Waals surface area contributed by atoms with Crippen LogP contribution in [-0.4, -0.2) is 11.0 Å². The highest BCUT2D eigenvalue weighted by Crippen LogP contribution is 2.39. The van der Waals surface area contributed by atoms with Gasteiger partial charge in [-0.25, -0.2) is 10.6 Å². The van der Waals surface area contributed by atoms with E-state index in [1.54, 1.807) is 43.3 Å². The average molecular weight is 444 g/mol. The van der Waals surface area contributed by atoms with Crippen molar-refractivity contribution in [2.24, 2.45) is 5.84 Å². The van der Waals surface area contributed by atoms with Crippen molar-refractivity contribution >= 4 is 11.7 Å². The lowest BCUT2D eigenvalue weighted by atomic mass is 10.0. The zero-order valence-electron chi connectivity index (χ0n) is 17.6. The molecular formula is C23H23F3N4O2. The summed E-state index contributed by atoms with van der Waals surface area (Å²) >= 11 is 0. The number of nitrogens with one attached hydrogen (secondary N) is 2. The second-order valence-corrected chi connectivity index (χ2v) is 7.06. The maximum atomic E-state index is 13.8. The van der Waals surface area contributed by atoms with Gasteiger partial charge in [0, 0.05) is 22.5 Å². The summed E-state index contributed by atoms with van der Waals surface area (Å²) in [5, 5.41) is 2.54. The molecule has 9 heteroatoms. The first kappa shape index (κ1) is 23.1. The van der Waals surface area contributed by atoms with Crippen LogP contribution in [0.4, 0.5) is 23.7 Å². The Kier molecular flexibility index (Phi) is 6.99. The SMILES string of the molecule is CCc1cccc(-c2ccc(OCc3c(C)cccc3NC(=O)NN)c(C(F)(F)F)c2)n1. The van der Waals surface area contributed by atoms with Crippen LogP contribution in [0.25, 0.3) is 11.3 Å². The molecule has 0 aliphatic carbocycles. The number of carbonyl (C=O) groups is 1. The van der Waals surface area contributed by atoms with Gasteiger partial charge in [0.2, 0.25) is 0 Å². The third-order valence-electron chi connectivity index (χ3n) is 4.91. The quantitative estimate of drug-likeness (QED) is 0.277. The minimum absolute atomic E-state index is 0.182. The van der Waals surface area contributed by atoms with Gasteiger partial charge in [0.25, 0.3) is 0 Å². The Morgan fingerprint density at radius 1 is 1.12 bits per heavy atom. The van der Waals surface area contributed by atoms with Gasteiger partial charge in [0.15, 0.2) is 0 Å². The van der Waals surface area contributed by atoms with Crippen molar-refractivity contribution in [3.63, 3.8) is 0 Å². The maximum Gasteiger partial charge on any atom is 0.419 e. The van der Waals surface area contributed by atoms with Gasteiger partial charge >= 0.3 is 12.2 Å². The molecule has 4 N–H and O–H groups in total. The van der Waals surface area contributed by atoms with E-state index in [0.29, 0.717) is 28.9 Å². The number of rotatable bonds is 6. The molecule has 0 atom stereocenters. The lowest BCUT2D eigenvalue weighted by Crippen LogP contribution is -2.34. The molecule has 0 fully saturated rings. The summed E-state index contributed by atoms with van der Waals surface area (Å²) in [6.45, 7) is 3.51. The minimum Gasteiger partial charge on any atom is -0.488 e. The molecule has 2 aromatic carbocycles. The van der Waals surface area contributed by atoms with E-state index in [1.807, 2.05) is 18.4 Å². The largest absolute Gasteiger partial charge is 0.488 e. The molecule has 0 bridgehead atoms. The minimum atomic E-state index is -4.63. The van der Waals surface area contributed by atoms with Crippen LogP contribution in [0.2, 0.25) is 0 Å². The first-order valence-electron chi connectivity index (χ1n) is 9.89. The smallest absolute Gasteiger partial charge is 0.419 e. The van der Waals surface area contributed by atoms with Crippen molar-refractivity contribution in [3.05, 3.63) is 77.0 Å². The van der Waals surface area contributed by atoms with Crippen molar-refractivity contribution < 1.29 is 22.7 Å². The number of hydrazine groups is 1. The predicted octanol–water partition coefficient (Wildman–Crippen LogP) is 5.21. The highest BCUT2D eigenvalue weighted by atomic mass is 19.4. The van der Waals surface area contributed by atoms with Gasteiger partial charge < -0.3 is 10.1 Å². The predicted molar refractivity (Wildman–Crippen MR) is 116 cm³/mol. The van der Waals surface area contributed by atoms with Crippen LogP contribution in [0.3, 0.4) is 0 Å². The van der Waals surface area contributed by atoms with Gasteiger partial charge in [-0.1, -0.05) is 25.1 Å². The summed E-state index contributed by atoms with van der Waals surface area (Å²) in [7, 11) is 0. The number of alkyl halides is 3. The van der Waals surface area contributed by atoms with Crippen LogP contribution >= 0.6 is 0 Å². The van der Waals surface area contributed by atoms with Crippen molar-refractivity contribution in [2.45, 2.75) is 33.1 Å². The fraction of sp³-hybridized carbons (Fsp3) is 0.217. The zero-order valence-corrected chi connectivity index (χ0v) is 17.6. The molecule has 1 heterocycles. The van der Waals surface area contributed by atoms with Crippen molar-refractivity contribution in [2.75, 3.05) is 5.32 Å². The fourth-order valence-electron chi connectivity index (χ4n) is 3.19. The second kappa shape index (κ2) is 9.69. The Labute approximate surface area is 183 Å². The second-order valence-electron chi connectivity index (χ2n) is 7.06. The van der Waals surface area contributed by atoms with E-state index in [0.717, 1.165) is 17.3 Å². The lowest BCUT2D eigenvalue weighted by molar-refractivity contribution is -0.139. The van der Waals surface area contributed by atoms with E-state index in [2.05, 4.69) is 10.3 Å². The van der Waals surface area contributed by atoms with E-state index < -0.39 is 17.8 Å². The molecule has 0 saturated heterocycles. The molecule has 3 aromatic rings. The van der Waals surface area contributed by atoms with Crippen LogP contribution in [-0.2, 0) is 19.2 Å². The highest BCUT2D eigenvalue weighted by molar-refractivity contribution is 5.89. The van der Waals surface area contributed by atoms with Gasteiger partial charge in [-0.3, -0.25) is 10.4 Å². The van der Waals surface area contributed by atoms with Crippen LogP contribution in [0, 0.1) is 6.92 Å². The average Bonchev–Trinajstić information content (AvgIpc) is 2.78. The molecule has 0 unspecified atom stereocenters. The molecule has 0 aliphatic heterocycles.